The summed E-state index contributed by atoms with van der Waals surface area (Å²) in [6, 6.07) is 2.94. The first kappa shape index (κ1) is 12.3. The standard InChI is InChI=1S/C12H12BrFO4/c13-11-9(18-6-7-5-17-7)2-1-8(14)10(11)12-15-3-4-16-12/h1-2,7,12H,3-6H2/t7-/m1/s1. The Morgan fingerprint density at radius 3 is 2.67 bits per heavy atom. The Hall–Kier alpha value is -0.690. The molecule has 2 aliphatic rings. The molecular weight excluding hydrogens is 307 g/mol. The Labute approximate surface area is 112 Å². The van der Waals surface area contributed by atoms with Gasteiger partial charge >= 0.3 is 0 Å². The molecule has 0 unspecified atom stereocenters. The largest absolute Gasteiger partial charge is 0.490 e. The van der Waals surface area contributed by atoms with Crippen LogP contribution in [-0.2, 0) is 14.2 Å². The summed E-state index contributed by atoms with van der Waals surface area (Å²) in [5, 5.41) is 0. The summed E-state index contributed by atoms with van der Waals surface area (Å²) in [6.45, 7) is 2.13. The molecule has 0 radical (unpaired) electrons. The maximum absolute atomic E-state index is 13.8. The van der Waals surface area contributed by atoms with Crippen LogP contribution < -0.4 is 4.74 Å². The zero-order valence-corrected chi connectivity index (χ0v) is 11.1. The summed E-state index contributed by atoms with van der Waals surface area (Å²) in [5.74, 6) is 0.199. The Kier molecular flexibility index (Phi) is 3.52. The van der Waals surface area contributed by atoms with Gasteiger partial charge in [0.15, 0.2) is 6.29 Å². The molecule has 4 nitrogen and oxygen atoms in total. The van der Waals surface area contributed by atoms with Gasteiger partial charge in [0, 0.05) is 0 Å². The van der Waals surface area contributed by atoms with Crippen molar-refractivity contribution in [2.24, 2.45) is 0 Å². The summed E-state index contributed by atoms with van der Waals surface area (Å²) < 4.78 is 35.6. The van der Waals surface area contributed by atoms with Crippen molar-refractivity contribution in [1.82, 2.24) is 0 Å². The van der Waals surface area contributed by atoms with Crippen LogP contribution in [0.4, 0.5) is 4.39 Å². The summed E-state index contributed by atoms with van der Waals surface area (Å²) in [5.41, 5.74) is 0.349. The van der Waals surface area contributed by atoms with Crippen LogP contribution in [0.1, 0.15) is 11.9 Å². The minimum Gasteiger partial charge on any atom is -0.490 e. The molecule has 0 spiro atoms. The quantitative estimate of drug-likeness (QED) is 0.799. The molecule has 2 fully saturated rings. The predicted octanol–water partition coefficient (Wildman–Crippen LogP) is 2.41. The van der Waals surface area contributed by atoms with E-state index >= 15 is 0 Å². The highest BCUT2D eigenvalue weighted by atomic mass is 79.9. The van der Waals surface area contributed by atoms with E-state index in [0.717, 1.165) is 6.61 Å². The summed E-state index contributed by atoms with van der Waals surface area (Å²) in [6.07, 6.45) is -0.510. The summed E-state index contributed by atoms with van der Waals surface area (Å²) in [4.78, 5) is 0. The fraction of sp³-hybridized carbons (Fsp3) is 0.500. The topological polar surface area (TPSA) is 40.2 Å². The first-order valence-corrected chi connectivity index (χ1v) is 6.50. The van der Waals surface area contributed by atoms with Crippen LogP contribution in [0.3, 0.4) is 0 Å². The lowest BCUT2D eigenvalue weighted by Crippen LogP contribution is -2.08. The second kappa shape index (κ2) is 5.13. The molecule has 1 aromatic carbocycles. The van der Waals surface area contributed by atoms with Crippen molar-refractivity contribution < 1.29 is 23.3 Å². The molecule has 98 valence electrons. The number of epoxide rings is 1. The Morgan fingerprint density at radius 1 is 1.28 bits per heavy atom. The molecule has 2 heterocycles. The van der Waals surface area contributed by atoms with Gasteiger partial charge in [0.05, 0.1) is 29.9 Å². The number of halogens is 2. The Morgan fingerprint density at radius 2 is 2.00 bits per heavy atom. The second-order valence-electron chi connectivity index (χ2n) is 4.11. The van der Waals surface area contributed by atoms with E-state index in [1.807, 2.05) is 0 Å². The van der Waals surface area contributed by atoms with E-state index in [2.05, 4.69) is 15.9 Å². The van der Waals surface area contributed by atoms with Crippen LogP contribution in [0.2, 0.25) is 0 Å². The summed E-state index contributed by atoms with van der Waals surface area (Å²) >= 11 is 3.35. The zero-order chi connectivity index (χ0) is 12.5. The fourth-order valence-corrected chi connectivity index (χ4v) is 2.37. The zero-order valence-electron chi connectivity index (χ0n) is 9.53. The Bertz CT molecular complexity index is 444. The van der Waals surface area contributed by atoms with Crippen LogP contribution in [-0.4, -0.2) is 32.5 Å². The third-order valence-electron chi connectivity index (χ3n) is 2.78. The molecule has 0 bridgehead atoms. The van der Waals surface area contributed by atoms with E-state index in [0.29, 0.717) is 35.6 Å². The van der Waals surface area contributed by atoms with Crippen molar-refractivity contribution in [3.8, 4) is 5.75 Å². The number of hydrogen-bond donors (Lipinski definition) is 0. The third-order valence-corrected chi connectivity index (χ3v) is 3.59. The van der Waals surface area contributed by atoms with Gasteiger partial charge in [-0.1, -0.05) is 0 Å². The molecule has 0 saturated carbocycles. The third kappa shape index (κ3) is 2.51. The molecule has 18 heavy (non-hydrogen) atoms. The van der Waals surface area contributed by atoms with Crippen molar-refractivity contribution in [3.05, 3.63) is 28.0 Å². The molecule has 6 heteroatoms. The number of benzene rings is 1. The highest BCUT2D eigenvalue weighted by Gasteiger charge is 2.28. The van der Waals surface area contributed by atoms with Gasteiger partial charge in [-0.3, -0.25) is 0 Å². The van der Waals surface area contributed by atoms with Crippen LogP contribution in [0, 0.1) is 5.82 Å². The smallest absolute Gasteiger partial charge is 0.188 e. The molecule has 0 N–H and O–H groups in total. The maximum atomic E-state index is 13.8. The van der Waals surface area contributed by atoms with Gasteiger partial charge < -0.3 is 18.9 Å². The highest BCUT2D eigenvalue weighted by molar-refractivity contribution is 9.10. The first-order chi connectivity index (χ1) is 8.75. The molecular formula is C12H12BrFO4. The number of hydrogen-bond acceptors (Lipinski definition) is 4. The van der Waals surface area contributed by atoms with Crippen molar-refractivity contribution >= 4 is 15.9 Å². The number of rotatable bonds is 4. The van der Waals surface area contributed by atoms with Gasteiger partial charge in [-0.15, -0.1) is 0 Å². The lowest BCUT2D eigenvalue weighted by Gasteiger charge is -2.15. The Balaban J connectivity index is 1.83. The average Bonchev–Trinajstić information content (AvgIpc) is 3.03. The SMILES string of the molecule is Fc1ccc(OC[C@H]2CO2)c(Br)c1C1OCCO1. The molecule has 2 aliphatic heterocycles. The van der Waals surface area contributed by atoms with E-state index in [1.165, 1.54) is 6.07 Å². The minimum atomic E-state index is -0.667. The van der Waals surface area contributed by atoms with Gasteiger partial charge in [-0.05, 0) is 28.1 Å². The van der Waals surface area contributed by atoms with Gasteiger partial charge in [-0.25, -0.2) is 4.39 Å². The molecule has 0 amide bonds. The van der Waals surface area contributed by atoms with Gasteiger partial charge in [0.2, 0.25) is 0 Å². The first-order valence-electron chi connectivity index (χ1n) is 5.71. The van der Waals surface area contributed by atoms with Gasteiger partial charge in [0.1, 0.15) is 24.3 Å². The van der Waals surface area contributed by atoms with E-state index in [1.54, 1.807) is 6.07 Å². The second-order valence-corrected chi connectivity index (χ2v) is 4.91. The average molecular weight is 319 g/mol. The maximum Gasteiger partial charge on any atom is 0.188 e. The monoisotopic (exact) mass is 318 g/mol. The molecule has 1 aromatic rings. The van der Waals surface area contributed by atoms with Crippen LogP contribution in [0.15, 0.2) is 16.6 Å². The van der Waals surface area contributed by atoms with E-state index in [4.69, 9.17) is 18.9 Å². The van der Waals surface area contributed by atoms with Crippen LogP contribution in [0.5, 0.6) is 5.75 Å². The lowest BCUT2D eigenvalue weighted by molar-refractivity contribution is -0.0472. The minimum absolute atomic E-state index is 0.157. The normalized spacial score (nSPS) is 23.3. The van der Waals surface area contributed by atoms with E-state index in [9.17, 15) is 4.39 Å². The van der Waals surface area contributed by atoms with Crippen molar-refractivity contribution in [1.29, 1.82) is 0 Å². The molecule has 1 atom stereocenters. The molecule has 3 rings (SSSR count). The lowest BCUT2D eigenvalue weighted by atomic mass is 10.2. The number of ether oxygens (including phenoxy) is 4. The summed E-state index contributed by atoms with van der Waals surface area (Å²) in [7, 11) is 0. The van der Waals surface area contributed by atoms with Crippen molar-refractivity contribution in [2.45, 2.75) is 12.4 Å². The van der Waals surface area contributed by atoms with E-state index < -0.39 is 6.29 Å². The predicted molar refractivity (Wildman–Crippen MR) is 64.0 cm³/mol. The molecule has 2 saturated heterocycles. The van der Waals surface area contributed by atoms with E-state index in [-0.39, 0.29) is 11.9 Å². The molecule has 0 aliphatic carbocycles. The van der Waals surface area contributed by atoms with Crippen molar-refractivity contribution in [3.63, 3.8) is 0 Å². The van der Waals surface area contributed by atoms with Crippen molar-refractivity contribution in [2.75, 3.05) is 26.4 Å². The highest BCUT2D eigenvalue weighted by Crippen LogP contribution is 2.38. The van der Waals surface area contributed by atoms with Gasteiger partial charge in [0.25, 0.3) is 0 Å². The van der Waals surface area contributed by atoms with Gasteiger partial charge in [-0.2, -0.15) is 0 Å². The molecule has 0 aromatic heterocycles. The fourth-order valence-electron chi connectivity index (χ4n) is 1.75. The van der Waals surface area contributed by atoms with Crippen LogP contribution >= 0.6 is 15.9 Å². The van der Waals surface area contributed by atoms with Crippen LogP contribution in [0.25, 0.3) is 0 Å².